The number of ketones is 1. The van der Waals surface area contributed by atoms with Crippen LogP contribution >= 0.6 is 0 Å². The average molecular weight is 629 g/mol. The van der Waals surface area contributed by atoms with Gasteiger partial charge in [0.05, 0.1) is 6.26 Å². The number of furan rings is 1. The Morgan fingerprint density at radius 1 is 0.696 bits per heavy atom. The Labute approximate surface area is 280 Å². The molecule has 1 heterocycles. The smallest absolute Gasteiger partial charge is 0.167 e. The summed E-state index contributed by atoms with van der Waals surface area (Å²) in [7, 11) is 0. The van der Waals surface area contributed by atoms with Gasteiger partial charge in [0.15, 0.2) is 5.78 Å². The van der Waals surface area contributed by atoms with E-state index in [4.69, 9.17) is 4.42 Å². The maximum Gasteiger partial charge on any atom is 0.167 e. The number of carbonyl (C=O) groups excluding carboxylic acids is 1. The number of carbonyl (C=O) groups is 1. The van der Waals surface area contributed by atoms with Gasteiger partial charge in [-0.3, -0.25) is 4.79 Å². The van der Waals surface area contributed by atoms with Crippen LogP contribution in [0.25, 0.3) is 11.3 Å². The van der Waals surface area contributed by atoms with Gasteiger partial charge in [-0.1, -0.05) is 108 Å². The first-order valence-electron chi connectivity index (χ1n) is 17.0. The molecule has 0 amide bonds. The highest BCUT2D eigenvalue weighted by Crippen LogP contribution is 2.27. The highest BCUT2D eigenvalue weighted by atomic mass is 19.1. The first-order chi connectivity index (χ1) is 21.5. The lowest BCUT2D eigenvalue weighted by molar-refractivity contribution is 0.0992. The highest BCUT2D eigenvalue weighted by Gasteiger charge is 2.14. The average Bonchev–Trinajstić information content (AvgIpc) is 3.51. The topological polar surface area (TPSA) is 30.2 Å². The van der Waals surface area contributed by atoms with E-state index >= 15 is 0 Å². The predicted octanol–water partition coefficient (Wildman–Crippen LogP) is 13.2. The van der Waals surface area contributed by atoms with Crippen LogP contribution in [0, 0.1) is 33.1 Å². The first kappa shape index (κ1) is 40.6. The second kappa shape index (κ2) is 19.9. The number of benzene rings is 3. The Hall–Kier alpha value is -3.46. The molecule has 0 aliphatic carbocycles. The van der Waals surface area contributed by atoms with Crippen LogP contribution in [0.15, 0.2) is 83.5 Å². The molecule has 0 radical (unpaired) electrons. The Bertz CT molecular complexity index is 1410. The van der Waals surface area contributed by atoms with Crippen molar-refractivity contribution in [2.45, 2.75) is 127 Å². The van der Waals surface area contributed by atoms with Crippen molar-refractivity contribution >= 4 is 5.78 Å². The molecule has 0 saturated carbocycles. The molecule has 0 fully saturated rings. The van der Waals surface area contributed by atoms with Crippen molar-refractivity contribution in [1.82, 2.24) is 0 Å². The number of halogens is 1. The van der Waals surface area contributed by atoms with E-state index in [1.165, 1.54) is 68.7 Å². The van der Waals surface area contributed by atoms with Crippen LogP contribution < -0.4 is 0 Å². The van der Waals surface area contributed by atoms with Gasteiger partial charge < -0.3 is 4.42 Å². The van der Waals surface area contributed by atoms with Crippen molar-refractivity contribution in [2.75, 3.05) is 0 Å². The van der Waals surface area contributed by atoms with Crippen molar-refractivity contribution in [3.8, 4) is 11.3 Å². The number of hydrogen-bond donors (Lipinski definition) is 0. The summed E-state index contributed by atoms with van der Waals surface area (Å²) in [4.78, 5) is 12.5. The van der Waals surface area contributed by atoms with E-state index in [1.54, 1.807) is 6.26 Å². The molecule has 0 spiro atoms. The summed E-state index contributed by atoms with van der Waals surface area (Å²) in [5.74, 6) is 0.966. The molecule has 0 aliphatic heterocycles. The van der Waals surface area contributed by atoms with Crippen LogP contribution in [-0.4, -0.2) is 11.5 Å². The third-order valence-electron chi connectivity index (χ3n) is 7.65. The van der Waals surface area contributed by atoms with Gasteiger partial charge in [-0.25, -0.2) is 4.39 Å². The molecule has 2 nitrogen and oxygen atoms in total. The van der Waals surface area contributed by atoms with Gasteiger partial charge in [-0.2, -0.15) is 0 Å². The summed E-state index contributed by atoms with van der Waals surface area (Å²) in [5, 5.41) is 0. The zero-order valence-electron chi connectivity index (χ0n) is 30.9. The second-order valence-corrected chi connectivity index (χ2v) is 14.1. The minimum absolute atomic E-state index is 0.146. The Morgan fingerprint density at radius 3 is 1.72 bits per heavy atom. The molecule has 0 saturated heterocycles. The number of rotatable bonds is 9. The molecule has 46 heavy (non-hydrogen) atoms. The fourth-order valence-electron chi connectivity index (χ4n) is 5.06. The van der Waals surface area contributed by atoms with Crippen molar-refractivity contribution < 1.29 is 13.6 Å². The van der Waals surface area contributed by atoms with E-state index in [0.717, 1.165) is 34.4 Å². The van der Waals surface area contributed by atoms with Gasteiger partial charge >= 0.3 is 0 Å². The Balaban J connectivity index is 0.000000366. The molecular formula is C43H61FO2. The van der Waals surface area contributed by atoms with Gasteiger partial charge in [0.1, 0.15) is 11.4 Å². The van der Waals surface area contributed by atoms with Gasteiger partial charge in [-0.15, -0.1) is 0 Å². The summed E-state index contributed by atoms with van der Waals surface area (Å²) >= 11 is 0. The first-order valence-corrected chi connectivity index (χ1v) is 17.0. The largest absolute Gasteiger partial charge is 0.464 e. The van der Waals surface area contributed by atoms with E-state index in [2.05, 4.69) is 66.7 Å². The maximum absolute atomic E-state index is 12.5. The lowest BCUT2D eigenvalue weighted by Crippen LogP contribution is -2.09. The summed E-state index contributed by atoms with van der Waals surface area (Å²) in [5.41, 5.74) is 8.82. The minimum atomic E-state index is -1.00. The van der Waals surface area contributed by atoms with Crippen LogP contribution in [0.5, 0.6) is 0 Å². The van der Waals surface area contributed by atoms with Crippen molar-refractivity contribution in [1.29, 1.82) is 0 Å². The van der Waals surface area contributed by atoms with E-state index < -0.39 is 5.67 Å². The van der Waals surface area contributed by atoms with Crippen LogP contribution in [0.2, 0.25) is 0 Å². The number of alkyl halides is 1. The van der Waals surface area contributed by atoms with Gasteiger partial charge in [0, 0.05) is 17.5 Å². The third kappa shape index (κ3) is 16.7. The van der Waals surface area contributed by atoms with Crippen LogP contribution in [0.3, 0.4) is 0 Å². The molecule has 1 aromatic heterocycles. The summed E-state index contributed by atoms with van der Waals surface area (Å²) in [6.07, 6.45) is 8.63. The van der Waals surface area contributed by atoms with Crippen molar-refractivity contribution in [3.63, 3.8) is 0 Å². The number of Topliss-reactive ketones (excluding diaryl/α,β-unsaturated/α-hetero) is 1. The fourth-order valence-corrected chi connectivity index (χ4v) is 5.06. The molecule has 3 heteroatoms. The molecule has 4 rings (SSSR count). The molecule has 252 valence electrons. The SMILES string of the molecule is CC(C)(C)F.CCCC(C)(C)CCC.CCc1ccc(C)c(C)c1.Cc1ccc(CC(=O)c2ccc(-c3ccco3)cc2C)cc1. The molecular weight excluding hydrogens is 567 g/mol. The summed E-state index contributed by atoms with van der Waals surface area (Å²) < 4.78 is 17.1. The lowest BCUT2D eigenvalue weighted by Gasteiger charge is -2.22. The maximum atomic E-state index is 12.5. The molecule has 3 aromatic carbocycles. The molecule has 0 unspecified atom stereocenters. The highest BCUT2D eigenvalue weighted by molar-refractivity contribution is 5.99. The van der Waals surface area contributed by atoms with E-state index in [1.807, 2.05) is 68.4 Å². The third-order valence-corrected chi connectivity index (χ3v) is 7.65. The monoisotopic (exact) mass is 628 g/mol. The van der Waals surface area contributed by atoms with Crippen molar-refractivity contribution in [3.05, 3.63) is 118 Å². The zero-order chi connectivity index (χ0) is 34.9. The molecule has 0 N–H and O–H groups in total. The van der Waals surface area contributed by atoms with Crippen LogP contribution in [0.1, 0.15) is 125 Å². The number of hydrogen-bond acceptors (Lipinski definition) is 2. The normalized spacial score (nSPS) is 10.9. The van der Waals surface area contributed by atoms with Gasteiger partial charge in [-0.05, 0) is 119 Å². The summed E-state index contributed by atoms with van der Waals surface area (Å²) in [6, 6.07) is 24.4. The quantitative estimate of drug-likeness (QED) is 0.173. The van der Waals surface area contributed by atoms with Crippen molar-refractivity contribution in [2.24, 2.45) is 5.41 Å². The number of aryl methyl sites for hydroxylation is 5. The Morgan fingerprint density at radius 2 is 1.26 bits per heavy atom. The zero-order valence-corrected chi connectivity index (χ0v) is 30.9. The lowest BCUT2D eigenvalue weighted by atomic mass is 9.84. The minimum Gasteiger partial charge on any atom is -0.464 e. The van der Waals surface area contributed by atoms with E-state index in [9.17, 15) is 9.18 Å². The van der Waals surface area contributed by atoms with E-state index in [0.29, 0.717) is 11.8 Å². The van der Waals surface area contributed by atoms with Crippen LogP contribution in [0.4, 0.5) is 4.39 Å². The van der Waals surface area contributed by atoms with E-state index in [-0.39, 0.29) is 5.78 Å². The molecule has 0 aliphatic rings. The Kier molecular flexibility index (Phi) is 17.6. The molecule has 0 atom stereocenters. The predicted molar refractivity (Wildman–Crippen MR) is 198 cm³/mol. The standard InChI is InChI=1S/C20H18O2.C10H14.C9H20.C4H9F/c1-14-5-7-16(8-6-14)13-19(21)18-10-9-17(12-15(18)2)20-4-3-11-22-20;1-4-10-6-5-8(2)9(3)7-10;1-5-7-9(3,4)8-6-2;1-4(2,3)5/h3-12H,13H2,1-2H3;5-7H,4H2,1-3H3;5-8H2,1-4H3;1-3H3. The fraction of sp³-hybridized carbons (Fsp3) is 0.465. The molecule has 0 bridgehead atoms. The summed E-state index contributed by atoms with van der Waals surface area (Å²) in [6.45, 7) is 24.3. The van der Waals surface area contributed by atoms with Gasteiger partial charge in [0.25, 0.3) is 0 Å². The van der Waals surface area contributed by atoms with Crippen LogP contribution in [-0.2, 0) is 12.8 Å². The molecule has 4 aromatic rings. The van der Waals surface area contributed by atoms with Gasteiger partial charge in [0.2, 0.25) is 0 Å². The second-order valence-electron chi connectivity index (χ2n) is 14.1.